The summed E-state index contributed by atoms with van der Waals surface area (Å²) in [6.07, 6.45) is 2.75. The molecule has 0 aromatic carbocycles. The van der Waals surface area contributed by atoms with Gasteiger partial charge in [-0.3, -0.25) is 4.79 Å². The Morgan fingerprint density at radius 1 is 1.38 bits per heavy atom. The molecular weight excluding hydrogens is 350 g/mol. The molecule has 0 amide bonds. The Balaban J connectivity index is 1.81. The van der Waals surface area contributed by atoms with Gasteiger partial charge in [0, 0.05) is 23.3 Å². The summed E-state index contributed by atoms with van der Waals surface area (Å²) in [5.74, 6) is 1.24. The summed E-state index contributed by atoms with van der Waals surface area (Å²) in [6.45, 7) is 4.17. The van der Waals surface area contributed by atoms with Crippen molar-refractivity contribution in [2.75, 3.05) is 5.73 Å². The molecule has 0 saturated heterocycles. The van der Waals surface area contributed by atoms with Gasteiger partial charge in [0.05, 0.1) is 11.5 Å². The fraction of sp³-hybridized carbons (Fsp3) is 0.333. The maximum absolute atomic E-state index is 13.1. The summed E-state index contributed by atoms with van der Waals surface area (Å²) in [5.41, 5.74) is 7.72. The van der Waals surface area contributed by atoms with Crippen molar-refractivity contribution in [3.63, 3.8) is 0 Å². The molecule has 1 atom stereocenters. The van der Waals surface area contributed by atoms with Gasteiger partial charge in [-0.1, -0.05) is 19.9 Å². The molecule has 0 saturated carbocycles. The number of fused-ring (bicyclic) bond motifs is 3. The van der Waals surface area contributed by atoms with Crippen LogP contribution in [0.25, 0.3) is 5.65 Å². The van der Waals surface area contributed by atoms with Crippen molar-refractivity contribution in [1.82, 2.24) is 19.6 Å². The smallest absolute Gasteiger partial charge is 0.240 e. The van der Waals surface area contributed by atoms with Crippen LogP contribution in [0.4, 0.5) is 5.95 Å². The summed E-state index contributed by atoms with van der Waals surface area (Å²) in [4.78, 5) is 22.9. The van der Waals surface area contributed by atoms with E-state index in [1.165, 1.54) is 0 Å². The van der Waals surface area contributed by atoms with Gasteiger partial charge >= 0.3 is 0 Å². The lowest BCUT2D eigenvalue weighted by atomic mass is 9.71. The predicted molar refractivity (Wildman–Crippen MR) is 97.0 cm³/mol. The molecule has 4 heterocycles. The van der Waals surface area contributed by atoms with E-state index in [4.69, 9.17) is 10.5 Å². The van der Waals surface area contributed by atoms with Crippen LogP contribution in [0.5, 0.6) is 5.88 Å². The largest absolute Gasteiger partial charge is 0.442 e. The minimum absolute atomic E-state index is 0.120. The van der Waals surface area contributed by atoms with Crippen LogP contribution < -0.4 is 10.5 Å². The van der Waals surface area contributed by atoms with E-state index >= 15 is 0 Å². The average Bonchev–Trinajstić information content (AvgIpc) is 3.19. The van der Waals surface area contributed by atoms with Crippen molar-refractivity contribution in [2.24, 2.45) is 5.41 Å². The summed E-state index contributed by atoms with van der Waals surface area (Å²) in [5, 5.41) is 6.16. The molecule has 132 valence electrons. The lowest BCUT2D eigenvalue weighted by molar-refractivity contribution is -0.118. The van der Waals surface area contributed by atoms with Crippen LogP contribution >= 0.6 is 11.3 Å². The Kier molecular flexibility index (Phi) is 3.06. The molecule has 5 rings (SSSR count). The van der Waals surface area contributed by atoms with Crippen LogP contribution in [0.15, 0.2) is 35.2 Å². The highest BCUT2D eigenvalue weighted by molar-refractivity contribution is 7.10. The van der Waals surface area contributed by atoms with Gasteiger partial charge in [0.15, 0.2) is 11.4 Å². The SMILES string of the molecule is CC1(C)CC(=O)C2=C(C1)Oc1ncn3nc(N)nc3c1[C@H]2c1cccs1. The van der Waals surface area contributed by atoms with E-state index in [1.807, 2.05) is 17.5 Å². The second-order valence-corrected chi connectivity index (χ2v) is 8.51. The molecule has 0 spiro atoms. The standard InChI is InChI=1S/C18H17N5O2S/c1-18(2)6-9(24)12-10(7-18)25-16-14(13(12)11-4-3-5-26-11)15-21-17(19)22-23(15)8-20-16/h3-5,8,13H,6-7H2,1-2H3,(H2,19,22)/t13-/m0/s1. The lowest BCUT2D eigenvalue weighted by Gasteiger charge is -2.37. The van der Waals surface area contributed by atoms with Gasteiger partial charge in [0.2, 0.25) is 11.8 Å². The van der Waals surface area contributed by atoms with Crippen molar-refractivity contribution in [2.45, 2.75) is 32.6 Å². The summed E-state index contributed by atoms with van der Waals surface area (Å²) < 4.78 is 7.66. The lowest BCUT2D eigenvalue weighted by Crippen LogP contribution is -2.33. The monoisotopic (exact) mass is 367 g/mol. The number of carbonyl (C=O) groups is 1. The molecule has 3 aromatic heterocycles. The number of rotatable bonds is 1. The molecule has 1 aliphatic heterocycles. The number of nitrogens with zero attached hydrogens (tertiary/aromatic N) is 4. The first-order valence-electron chi connectivity index (χ1n) is 8.41. The third kappa shape index (κ3) is 2.18. The molecular formula is C18H17N5O2S. The highest BCUT2D eigenvalue weighted by atomic mass is 32.1. The van der Waals surface area contributed by atoms with Crippen LogP contribution in [-0.2, 0) is 4.79 Å². The molecule has 1 aliphatic carbocycles. The van der Waals surface area contributed by atoms with Crippen molar-refractivity contribution < 1.29 is 9.53 Å². The van der Waals surface area contributed by atoms with Gasteiger partial charge < -0.3 is 10.5 Å². The normalized spacial score (nSPS) is 21.5. The molecule has 0 bridgehead atoms. The Labute approximate surface area is 153 Å². The summed E-state index contributed by atoms with van der Waals surface area (Å²) in [7, 11) is 0. The molecule has 26 heavy (non-hydrogen) atoms. The average molecular weight is 367 g/mol. The van der Waals surface area contributed by atoms with Gasteiger partial charge in [0.1, 0.15) is 12.1 Å². The number of hydrogen-bond donors (Lipinski definition) is 1. The number of nitrogen functional groups attached to an aromatic ring is 1. The maximum Gasteiger partial charge on any atom is 0.240 e. The van der Waals surface area contributed by atoms with Crippen LogP contribution in [0.1, 0.15) is 43.0 Å². The number of allylic oxidation sites excluding steroid dienone is 2. The molecule has 0 fully saturated rings. The Hall–Kier alpha value is -2.74. The fourth-order valence-electron chi connectivity index (χ4n) is 3.90. The second kappa shape index (κ2) is 5.14. The third-order valence-corrected chi connectivity index (χ3v) is 5.84. The van der Waals surface area contributed by atoms with Crippen molar-refractivity contribution in [3.8, 4) is 5.88 Å². The maximum atomic E-state index is 13.1. The first kappa shape index (κ1) is 15.5. The van der Waals surface area contributed by atoms with Gasteiger partial charge in [-0.2, -0.15) is 9.50 Å². The number of aromatic nitrogens is 4. The fourth-order valence-corrected chi connectivity index (χ4v) is 4.75. The zero-order valence-electron chi connectivity index (χ0n) is 14.4. The van der Waals surface area contributed by atoms with Gasteiger partial charge in [-0.15, -0.1) is 16.4 Å². The third-order valence-electron chi connectivity index (χ3n) is 4.91. The van der Waals surface area contributed by atoms with Crippen LogP contribution in [0, 0.1) is 5.41 Å². The van der Waals surface area contributed by atoms with E-state index < -0.39 is 0 Å². The van der Waals surface area contributed by atoms with Gasteiger partial charge in [-0.25, -0.2) is 4.98 Å². The highest BCUT2D eigenvalue weighted by Crippen LogP contribution is 2.51. The molecule has 2 N–H and O–H groups in total. The van der Waals surface area contributed by atoms with Crippen molar-refractivity contribution in [1.29, 1.82) is 0 Å². The van der Waals surface area contributed by atoms with E-state index in [9.17, 15) is 4.79 Å². The van der Waals surface area contributed by atoms with E-state index in [0.717, 1.165) is 21.8 Å². The quantitative estimate of drug-likeness (QED) is 0.710. The molecule has 8 heteroatoms. The molecule has 0 unspecified atom stereocenters. The predicted octanol–water partition coefficient (Wildman–Crippen LogP) is 2.94. The number of ketones is 1. The topological polar surface area (TPSA) is 95.4 Å². The van der Waals surface area contributed by atoms with Gasteiger partial charge in [-0.05, 0) is 16.9 Å². The molecule has 0 radical (unpaired) electrons. The number of carbonyl (C=O) groups excluding carboxylic acids is 1. The number of thiophene rings is 1. The Bertz CT molecular complexity index is 1080. The first-order chi connectivity index (χ1) is 12.4. The van der Waals surface area contributed by atoms with Crippen LogP contribution in [-0.4, -0.2) is 25.4 Å². The van der Waals surface area contributed by atoms with E-state index in [-0.39, 0.29) is 23.1 Å². The minimum atomic E-state index is -0.253. The van der Waals surface area contributed by atoms with Crippen molar-refractivity contribution >= 4 is 28.7 Å². The van der Waals surface area contributed by atoms with E-state index in [0.29, 0.717) is 24.4 Å². The number of anilines is 1. The van der Waals surface area contributed by atoms with E-state index in [2.05, 4.69) is 28.9 Å². The number of ether oxygens (including phenoxy) is 1. The Morgan fingerprint density at radius 2 is 2.23 bits per heavy atom. The second-order valence-electron chi connectivity index (χ2n) is 7.53. The molecule has 2 aliphatic rings. The summed E-state index contributed by atoms with van der Waals surface area (Å²) in [6, 6.07) is 4.02. The van der Waals surface area contributed by atoms with E-state index in [1.54, 1.807) is 22.2 Å². The van der Waals surface area contributed by atoms with Gasteiger partial charge in [0.25, 0.3) is 0 Å². The van der Waals surface area contributed by atoms with Crippen LogP contribution in [0.3, 0.4) is 0 Å². The summed E-state index contributed by atoms with van der Waals surface area (Å²) >= 11 is 1.61. The zero-order valence-corrected chi connectivity index (χ0v) is 15.2. The first-order valence-corrected chi connectivity index (χ1v) is 9.29. The molecule has 7 nitrogen and oxygen atoms in total. The van der Waals surface area contributed by atoms with Crippen LogP contribution in [0.2, 0.25) is 0 Å². The number of Topliss-reactive ketones (excluding diaryl/α,β-unsaturated/α-hetero) is 1. The molecule has 3 aromatic rings. The zero-order chi connectivity index (χ0) is 18.1. The van der Waals surface area contributed by atoms with Crippen molar-refractivity contribution in [3.05, 3.63) is 45.6 Å². The highest BCUT2D eigenvalue weighted by Gasteiger charge is 2.44. The Morgan fingerprint density at radius 3 is 3.00 bits per heavy atom. The number of hydrogen-bond acceptors (Lipinski definition) is 7. The number of nitrogens with two attached hydrogens (primary N) is 1. The minimum Gasteiger partial charge on any atom is -0.442 e.